The van der Waals surface area contributed by atoms with Gasteiger partial charge in [0.1, 0.15) is 5.82 Å². The number of hydrogen-bond acceptors (Lipinski definition) is 2. The third-order valence-electron chi connectivity index (χ3n) is 2.31. The van der Waals surface area contributed by atoms with Gasteiger partial charge in [-0.15, -0.1) is 11.3 Å². The fraction of sp³-hybridized carbons (Fsp3) is 0.0833. The summed E-state index contributed by atoms with van der Waals surface area (Å²) in [5, 5.41) is 11.0. The largest absolute Gasteiger partial charge is 0.465 e. The predicted octanol–water partition coefficient (Wildman–Crippen LogP) is 4.33. The first-order valence-corrected chi connectivity index (χ1v) is 6.73. The molecule has 2 aromatic rings. The van der Waals surface area contributed by atoms with Crippen LogP contribution in [0.4, 0.5) is 14.9 Å². The van der Waals surface area contributed by atoms with Crippen molar-refractivity contribution in [3.05, 3.63) is 50.9 Å². The number of benzene rings is 1. The topological polar surface area (TPSA) is 40.5 Å². The van der Waals surface area contributed by atoms with Gasteiger partial charge in [-0.2, -0.15) is 0 Å². The van der Waals surface area contributed by atoms with Crippen LogP contribution >= 0.6 is 27.3 Å². The molecule has 1 aromatic carbocycles. The van der Waals surface area contributed by atoms with Crippen LogP contribution in [0.15, 0.2) is 40.2 Å². The molecule has 1 heterocycles. The average molecular weight is 330 g/mol. The maximum Gasteiger partial charge on any atom is 0.412 e. The smallest absolute Gasteiger partial charge is 0.412 e. The highest BCUT2D eigenvalue weighted by Crippen LogP contribution is 2.25. The number of hydrogen-bond donors (Lipinski definition) is 1. The van der Waals surface area contributed by atoms with Crippen LogP contribution in [0.3, 0.4) is 0 Å². The van der Waals surface area contributed by atoms with Crippen molar-refractivity contribution in [1.82, 2.24) is 0 Å². The summed E-state index contributed by atoms with van der Waals surface area (Å²) in [5.74, 6) is -0.546. The summed E-state index contributed by atoms with van der Waals surface area (Å²) >= 11 is 4.72. The molecule has 0 saturated carbocycles. The molecule has 0 atom stereocenters. The molecule has 1 aromatic heterocycles. The number of anilines is 1. The lowest BCUT2D eigenvalue weighted by Gasteiger charge is -2.18. The van der Waals surface area contributed by atoms with Crippen molar-refractivity contribution in [3.63, 3.8) is 0 Å². The van der Waals surface area contributed by atoms with Crippen molar-refractivity contribution in [2.24, 2.45) is 0 Å². The molecule has 0 fully saturated rings. The van der Waals surface area contributed by atoms with Crippen LogP contribution in [-0.2, 0) is 6.54 Å². The van der Waals surface area contributed by atoms with Gasteiger partial charge in [-0.3, -0.25) is 4.90 Å². The van der Waals surface area contributed by atoms with E-state index in [2.05, 4.69) is 15.9 Å². The molecule has 1 N–H and O–H groups in total. The number of nitrogens with zero attached hydrogens (tertiary/aromatic N) is 1. The summed E-state index contributed by atoms with van der Waals surface area (Å²) in [6.45, 7) is 0.131. The molecule has 0 aliphatic carbocycles. The highest BCUT2D eigenvalue weighted by molar-refractivity contribution is 9.10. The standard InChI is InChI=1S/C12H9BrFNO2S/c13-8-5-9(18-7-8)6-15(12(16)17)11-4-2-1-3-10(11)14/h1-5,7H,6H2,(H,16,17). The van der Waals surface area contributed by atoms with Crippen LogP contribution in [-0.4, -0.2) is 11.2 Å². The van der Waals surface area contributed by atoms with Crippen molar-refractivity contribution in [2.75, 3.05) is 4.90 Å². The predicted molar refractivity (Wildman–Crippen MR) is 72.6 cm³/mol. The number of para-hydroxylation sites is 1. The number of thiophene rings is 1. The zero-order valence-corrected chi connectivity index (χ0v) is 11.5. The Labute approximate surface area is 116 Å². The molecule has 2 rings (SSSR count). The van der Waals surface area contributed by atoms with E-state index in [9.17, 15) is 14.3 Å². The highest BCUT2D eigenvalue weighted by Gasteiger charge is 2.18. The zero-order chi connectivity index (χ0) is 13.1. The molecule has 18 heavy (non-hydrogen) atoms. The first-order valence-electron chi connectivity index (χ1n) is 5.06. The van der Waals surface area contributed by atoms with Gasteiger partial charge in [0, 0.05) is 14.7 Å². The SMILES string of the molecule is O=C(O)N(Cc1cc(Br)cs1)c1ccccc1F. The Kier molecular flexibility index (Phi) is 3.98. The Morgan fingerprint density at radius 2 is 2.17 bits per heavy atom. The van der Waals surface area contributed by atoms with Crippen molar-refractivity contribution < 1.29 is 14.3 Å². The van der Waals surface area contributed by atoms with Gasteiger partial charge in [0.15, 0.2) is 0 Å². The number of rotatable bonds is 3. The van der Waals surface area contributed by atoms with Gasteiger partial charge in [-0.25, -0.2) is 9.18 Å². The average Bonchev–Trinajstić information content (AvgIpc) is 2.73. The van der Waals surface area contributed by atoms with Gasteiger partial charge >= 0.3 is 6.09 Å². The first kappa shape index (κ1) is 13.0. The molecule has 1 amide bonds. The molecule has 0 saturated heterocycles. The molecule has 0 aliphatic heterocycles. The molecule has 3 nitrogen and oxygen atoms in total. The fourth-order valence-electron chi connectivity index (χ4n) is 1.52. The molecule has 0 aliphatic rings. The molecule has 0 spiro atoms. The number of carboxylic acid groups (broad SMARTS) is 1. The van der Waals surface area contributed by atoms with Crippen molar-refractivity contribution in [2.45, 2.75) is 6.54 Å². The minimum atomic E-state index is -1.18. The van der Waals surface area contributed by atoms with Crippen LogP contribution in [0.1, 0.15) is 4.88 Å². The fourth-order valence-corrected chi connectivity index (χ4v) is 2.96. The van der Waals surface area contributed by atoms with Gasteiger partial charge in [0.25, 0.3) is 0 Å². The Hall–Kier alpha value is -1.40. The van der Waals surface area contributed by atoms with Crippen molar-refractivity contribution in [1.29, 1.82) is 0 Å². The van der Waals surface area contributed by atoms with Gasteiger partial charge in [-0.05, 0) is 34.1 Å². The third kappa shape index (κ3) is 2.88. The summed E-state index contributed by atoms with van der Waals surface area (Å²) in [4.78, 5) is 13.0. The Balaban J connectivity index is 2.30. The van der Waals surface area contributed by atoms with Crippen LogP contribution < -0.4 is 4.90 Å². The minimum Gasteiger partial charge on any atom is -0.465 e. The Morgan fingerprint density at radius 1 is 1.44 bits per heavy atom. The molecule has 94 valence electrons. The second kappa shape index (κ2) is 5.49. The Morgan fingerprint density at radius 3 is 2.72 bits per heavy atom. The summed E-state index contributed by atoms with van der Waals surface area (Å²) in [6, 6.07) is 7.66. The van der Waals surface area contributed by atoms with E-state index in [1.54, 1.807) is 6.07 Å². The molecule has 6 heteroatoms. The summed E-state index contributed by atoms with van der Waals surface area (Å²) < 4.78 is 14.5. The summed E-state index contributed by atoms with van der Waals surface area (Å²) in [5.41, 5.74) is 0.0644. The normalized spacial score (nSPS) is 10.3. The lowest BCUT2D eigenvalue weighted by atomic mass is 10.2. The monoisotopic (exact) mass is 329 g/mol. The van der Waals surface area contributed by atoms with Crippen molar-refractivity contribution >= 4 is 39.0 Å². The molecule has 0 bridgehead atoms. The van der Waals surface area contributed by atoms with Crippen LogP contribution in [0.25, 0.3) is 0 Å². The van der Waals surface area contributed by atoms with Crippen LogP contribution in [0.5, 0.6) is 0 Å². The zero-order valence-electron chi connectivity index (χ0n) is 9.14. The number of halogens is 2. The number of carbonyl (C=O) groups is 1. The van der Waals surface area contributed by atoms with Gasteiger partial charge in [-0.1, -0.05) is 12.1 Å². The maximum atomic E-state index is 13.6. The van der Waals surface area contributed by atoms with E-state index in [1.165, 1.54) is 29.5 Å². The van der Waals surface area contributed by atoms with Gasteiger partial charge in [0.2, 0.25) is 0 Å². The first-order chi connectivity index (χ1) is 8.58. The summed E-state index contributed by atoms with van der Waals surface area (Å²) in [7, 11) is 0. The van der Waals surface area contributed by atoms with Gasteiger partial charge in [0.05, 0.1) is 12.2 Å². The van der Waals surface area contributed by atoms with E-state index in [1.807, 2.05) is 11.4 Å². The lowest BCUT2D eigenvalue weighted by molar-refractivity contribution is 0.201. The van der Waals surface area contributed by atoms with E-state index >= 15 is 0 Å². The maximum absolute atomic E-state index is 13.6. The molecule has 0 unspecified atom stereocenters. The lowest BCUT2D eigenvalue weighted by Crippen LogP contribution is -2.29. The van der Waals surface area contributed by atoms with Crippen molar-refractivity contribution in [3.8, 4) is 0 Å². The summed E-state index contributed by atoms with van der Waals surface area (Å²) in [6.07, 6.45) is -1.18. The van der Waals surface area contributed by atoms with Crippen LogP contribution in [0, 0.1) is 5.82 Å². The van der Waals surface area contributed by atoms with E-state index in [0.29, 0.717) is 0 Å². The van der Waals surface area contributed by atoms with E-state index in [4.69, 9.17) is 0 Å². The van der Waals surface area contributed by atoms with E-state index < -0.39 is 11.9 Å². The third-order valence-corrected chi connectivity index (χ3v) is 3.99. The van der Waals surface area contributed by atoms with Gasteiger partial charge < -0.3 is 5.11 Å². The van der Waals surface area contributed by atoms with Crippen LogP contribution in [0.2, 0.25) is 0 Å². The highest BCUT2D eigenvalue weighted by atomic mass is 79.9. The molecular weight excluding hydrogens is 321 g/mol. The molecule has 0 radical (unpaired) electrons. The molecular formula is C12H9BrFNO2S. The second-order valence-corrected chi connectivity index (χ2v) is 5.46. The minimum absolute atomic E-state index is 0.0644. The second-order valence-electron chi connectivity index (χ2n) is 3.55. The quantitative estimate of drug-likeness (QED) is 0.910. The number of amides is 1. The Bertz CT molecular complexity index is 573. The van der Waals surface area contributed by atoms with E-state index in [0.717, 1.165) is 14.2 Å². The van der Waals surface area contributed by atoms with E-state index in [-0.39, 0.29) is 12.2 Å².